The van der Waals surface area contributed by atoms with Crippen LogP contribution in [0.3, 0.4) is 0 Å². The summed E-state index contributed by atoms with van der Waals surface area (Å²) in [6, 6.07) is 0. The van der Waals surface area contributed by atoms with Crippen molar-refractivity contribution in [3.05, 3.63) is 24.5 Å². The molecule has 0 aliphatic heterocycles. The SMILES string of the molecule is C=C(C)C(=O)OC=CC.[LiH]. The molecule has 0 fully saturated rings. The van der Waals surface area contributed by atoms with E-state index in [4.69, 9.17) is 0 Å². The number of rotatable bonds is 2. The van der Waals surface area contributed by atoms with Crippen LogP contribution in [0.5, 0.6) is 0 Å². The van der Waals surface area contributed by atoms with E-state index >= 15 is 0 Å². The molecule has 0 amide bonds. The molecule has 0 atom stereocenters. The van der Waals surface area contributed by atoms with Gasteiger partial charge in [0.2, 0.25) is 0 Å². The Kier molecular flexibility index (Phi) is 8.16. The maximum absolute atomic E-state index is 10.5. The topological polar surface area (TPSA) is 26.3 Å². The van der Waals surface area contributed by atoms with E-state index in [2.05, 4.69) is 11.3 Å². The van der Waals surface area contributed by atoms with E-state index in [0.29, 0.717) is 5.57 Å². The van der Waals surface area contributed by atoms with Crippen molar-refractivity contribution in [2.24, 2.45) is 0 Å². The average Bonchev–Trinajstić information content (AvgIpc) is 1.82. The first-order valence-electron chi connectivity index (χ1n) is 2.66. The third kappa shape index (κ3) is 5.68. The molecule has 0 unspecified atom stereocenters. The van der Waals surface area contributed by atoms with Crippen LogP contribution >= 0.6 is 0 Å². The summed E-state index contributed by atoms with van der Waals surface area (Å²) >= 11 is 0. The Hall–Kier alpha value is -0.453. The van der Waals surface area contributed by atoms with E-state index in [-0.39, 0.29) is 24.8 Å². The van der Waals surface area contributed by atoms with Crippen molar-refractivity contribution in [3.8, 4) is 0 Å². The van der Waals surface area contributed by atoms with Crippen molar-refractivity contribution in [2.45, 2.75) is 13.8 Å². The predicted molar refractivity (Wildman–Crippen MR) is 42.9 cm³/mol. The normalized spacial score (nSPS) is 8.60. The summed E-state index contributed by atoms with van der Waals surface area (Å²) in [6.45, 7) is 6.77. The molecule has 0 aliphatic carbocycles. The zero-order valence-electron chi connectivity index (χ0n) is 5.68. The first kappa shape index (κ1) is 12.2. The number of allylic oxidation sites excluding steroid dienone is 1. The minimum atomic E-state index is -0.381. The summed E-state index contributed by atoms with van der Waals surface area (Å²) in [4.78, 5) is 10.5. The standard InChI is InChI=1S/C7H10O2.Li.H/c1-4-5-9-7(8)6(2)3;;/h4-5H,2H2,1,3H3;;. The summed E-state index contributed by atoms with van der Waals surface area (Å²) in [5, 5.41) is 0. The van der Waals surface area contributed by atoms with Crippen molar-refractivity contribution in [1.29, 1.82) is 0 Å². The molecule has 0 saturated carbocycles. The molecule has 0 aromatic rings. The van der Waals surface area contributed by atoms with Gasteiger partial charge in [-0.1, -0.05) is 12.7 Å². The van der Waals surface area contributed by atoms with Crippen LogP contribution in [0.25, 0.3) is 0 Å². The van der Waals surface area contributed by atoms with Crippen LogP contribution in [-0.2, 0) is 9.53 Å². The summed E-state index contributed by atoms with van der Waals surface area (Å²) in [6.07, 6.45) is 2.97. The Morgan fingerprint density at radius 1 is 1.60 bits per heavy atom. The fraction of sp³-hybridized carbons (Fsp3) is 0.286. The molecule has 0 aromatic carbocycles. The second-order valence-electron chi connectivity index (χ2n) is 1.66. The van der Waals surface area contributed by atoms with Gasteiger partial charge in [-0.2, -0.15) is 0 Å². The van der Waals surface area contributed by atoms with Gasteiger partial charge in [0.25, 0.3) is 0 Å². The monoisotopic (exact) mass is 134 g/mol. The fourth-order valence-corrected chi connectivity index (χ4v) is 0.230. The van der Waals surface area contributed by atoms with Crippen LogP contribution in [0.2, 0.25) is 0 Å². The molecule has 0 bridgehead atoms. The van der Waals surface area contributed by atoms with Gasteiger partial charge in [-0.05, 0) is 13.8 Å². The van der Waals surface area contributed by atoms with E-state index in [1.807, 2.05) is 0 Å². The molecule has 0 N–H and O–H groups in total. The Bertz CT molecular complexity index is 150. The van der Waals surface area contributed by atoms with Crippen LogP contribution in [0.4, 0.5) is 0 Å². The van der Waals surface area contributed by atoms with Gasteiger partial charge in [0.05, 0.1) is 6.26 Å². The van der Waals surface area contributed by atoms with E-state index in [1.54, 1.807) is 19.9 Å². The molecule has 0 saturated heterocycles. The van der Waals surface area contributed by atoms with Crippen LogP contribution < -0.4 is 0 Å². The first-order valence-corrected chi connectivity index (χ1v) is 2.66. The minimum absolute atomic E-state index is 0. The quantitative estimate of drug-likeness (QED) is 0.243. The molecule has 2 nitrogen and oxygen atoms in total. The molecule has 0 aromatic heterocycles. The van der Waals surface area contributed by atoms with Gasteiger partial charge in [0.15, 0.2) is 0 Å². The number of carbonyl (C=O) groups excluding carboxylic acids is 1. The number of carbonyl (C=O) groups is 1. The molecular weight excluding hydrogens is 123 g/mol. The van der Waals surface area contributed by atoms with Crippen molar-refractivity contribution >= 4 is 24.8 Å². The Labute approximate surface area is 73.1 Å². The van der Waals surface area contributed by atoms with Gasteiger partial charge in [-0.15, -0.1) is 0 Å². The molecule has 0 heterocycles. The summed E-state index contributed by atoms with van der Waals surface area (Å²) < 4.78 is 4.53. The van der Waals surface area contributed by atoms with Crippen LogP contribution in [0.1, 0.15) is 13.8 Å². The Morgan fingerprint density at radius 3 is 2.40 bits per heavy atom. The molecule has 0 spiro atoms. The van der Waals surface area contributed by atoms with E-state index < -0.39 is 0 Å². The second-order valence-corrected chi connectivity index (χ2v) is 1.66. The second kappa shape index (κ2) is 6.66. The van der Waals surface area contributed by atoms with Crippen molar-refractivity contribution in [1.82, 2.24) is 0 Å². The number of esters is 1. The maximum atomic E-state index is 10.5. The number of hydrogen-bond donors (Lipinski definition) is 0. The van der Waals surface area contributed by atoms with Gasteiger partial charge in [-0.25, -0.2) is 4.79 Å². The van der Waals surface area contributed by atoms with Crippen molar-refractivity contribution in [2.75, 3.05) is 0 Å². The van der Waals surface area contributed by atoms with Crippen molar-refractivity contribution < 1.29 is 9.53 Å². The zero-order chi connectivity index (χ0) is 7.28. The van der Waals surface area contributed by atoms with Crippen LogP contribution in [0.15, 0.2) is 24.5 Å². The molecular formula is C7H11LiO2. The number of ether oxygens (including phenoxy) is 1. The van der Waals surface area contributed by atoms with Gasteiger partial charge in [0.1, 0.15) is 0 Å². The van der Waals surface area contributed by atoms with Gasteiger partial charge in [0, 0.05) is 5.57 Å². The molecule has 0 radical (unpaired) electrons. The van der Waals surface area contributed by atoms with E-state index in [9.17, 15) is 4.79 Å². The van der Waals surface area contributed by atoms with Crippen molar-refractivity contribution in [3.63, 3.8) is 0 Å². The van der Waals surface area contributed by atoms with E-state index in [1.165, 1.54) is 6.26 Å². The summed E-state index contributed by atoms with van der Waals surface area (Å²) in [7, 11) is 0. The van der Waals surface area contributed by atoms with Gasteiger partial charge < -0.3 is 4.74 Å². The molecule has 52 valence electrons. The molecule has 3 heteroatoms. The molecule has 0 aliphatic rings. The molecule has 10 heavy (non-hydrogen) atoms. The predicted octanol–water partition coefficient (Wildman–Crippen LogP) is 0.991. The number of hydrogen-bond acceptors (Lipinski definition) is 2. The van der Waals surface area contributed by atoms with Crippen LogP contribution in [0, 0.1) is 0 Å². The third-order valence-electron chi connectivity index (χ3n) is 0.660. The zero-order valence-corrected chi connectivity index (χ0v) is 5.68. The average molecular weight is 134 g/mol. The Balaban J connectivity index is 0. The van der Waals surface area contributed by atoms with Gasteiger partial charge in [-0.3, -0.25) is 0 Å². The summed E-state index contributed by atoms with van der Waals surface area (Å²) in [5.74, 6) is -0.381. The fourth-order valence-electron chi connectivity index (χ4n) is 0.230. The van der Waals surface area contributed by atoms with Crippen LogP contribution in [-0.4, -0.2) is 24.8 Å². The van der Waals surface area contributed by atoms with E-state index in [0.717, 1.165) is 0 Å². The third-order valence-corrected chi connectivity index (χ3v) is 0.660. The van der Waals surface area contributed by atoms with Gasteiger partial charge >= 0.3 is 24.8 Å². The summed E-state index contributed by atoms with van der Waals surface area (Å²) in [5.41, 5.74) is 0.410. The first-order chi connectivity index (χ1) is 4.18. The Morgan fingerprint density at radius 2 is 2.10 bits per heavy atom. The molecule has 0 rings (SSSR count).